The second kappa shape index (κ2) is 7.22. The molecule has 0 bridgehead atoms. The Morgan fingerprint density at radius 3 is 2.21 bits per heavy atom. The van der Waals surface area contributed by atoms with E-state index in [1.165, 1.54) is 20.1 Å². The summed E-state index contributed by atoms with van der Waals surface area (Å²) in [6.07, 6.45) is 1.02. The van der Waals surface area contributed by atoms with E-state index in [2.05, 4.69) is 85.7 Å². The number of rotatable bonds is 5. The smallest absolute Gasteiger partial charge is 0.0210 e. The Hall–Kier alpha value is -0.640. The average Bonchev–Trinajstić information content (AvgIpc) is 2.41. The van der Waals surface area contributed by atoms with Gasteiger partial charge in [-0.1, -0.05) is 68.3 Å². The lowest BCUT2D eigenvalue weighted by Crippen LogP contribution is -2.19. The van der Waals surface area contributed by atoms with Gasteiger partial charge in [0.2, 0.25) is 0 Å². The predicted molar refractivity (Wildman–Crippen MR) is 88.7 cm³/mol. The van der Waals surface area contributed by atoms with Crippen LogP contribution < -0.4 is 5.32 Å². The molecule has 1 atom stereocenters. The van der Waals surface area contributed by atoms with Crippen LogP contribution in [0.3, 0.4) is 0 Å². The van der Waals surface area contributed by atoms with Crippen molar-refractivity contribution in [1.82, 2.24) is 5.32 Å². The van der Waals surface area contributed by atoms with E-state index >= 15 is 0 Å². The Balaban J connectivity index is 2.27. The van der Waals surface area contributed by atoms with Crippen LogP contribution in [0, 0.1) is 0 Å². The SMILES string of the molecule is CNCC(Cc1ccccc1Br)c1ccccc1Br. The van der Waals surface area contributed by atoms with Crippen LogP contribution in [0.15, 0.2) is 57.5 Å². The maximum atomic E-state index is 3.66. The lowest BCUT2D eigenvalue weighted by atomic mass is 9.92. The van der Waals surface area contributed by atoms with E-state index in [0.29, 0.717) is 5.92 Å². The van der Waals surface area contributed by atoms with Gasteiger partial charge in [-0.3, -0.25) is 0 Å². The fraction of sp³-hybridized carbons (Fsp3) is 0.250. The molecule has 3 heteroatoms. The minimum Gasteiger partial charge on any atom is -0.319 e. The van der Waals surface area contributed by atoms with Crippen LogP contribution in [-0.4, -0.2) is 13.6 Å². The van der Waals surface area contributed by atoms with E-state index < -0.39 is 0 Å². The van der Waals surface area contributed by atoms with E-state index in [4.69, 9.17) is 0 Å². The second-order valence-corrected chi connectivity index (χ2v) is 6.28. The van der Waals surface area contributed by atoms with Crippen LogP contribution in [-0.2, 0) is 6.42 Å². The highest BCUT2D eigenvalue weighted by Gasteiger charge is 2.15. The van der Waals surface area contributed by atoms with Crippen LogP contribution >= 0.6 is 31.9 Å². The summed E-state index contributed by atoms with van der Waals surface area (Å²) in [7, 11) is 2.00. The van der Waals surface area contributed by atoms with Crippen molar-refractivity contribution in [3.8, 4) is 0 Å². The fourth-order valence-electron chi connectivity index (χ4n) is 2.27. The summed E-state index contributed by atoms with van der Waals surface area (Å²) in [5.74, 6) is 0.458. The van der Waals surface area contributed by atoms with Crippen LogP contribution in [0.1, 0.15) is 17.0 Å². The number of hydrogen-bond acceptors (Lipinski definition) is 1. The molecule has 0 aromatic heterocycles. The molecule has 1 unspecified atom stereocenters. The molecule has 0 aliphatic heterocycles. The Morgan fingerprint density at radius 2 is 1.58 bits per heavy atom. The normalized spacial score (nSPS) is 12.4. The maximum Gasteiger partial charge on any atom is 0.0210 e. The standard InChI is InChI=1S/C16H17Br2N/c1-19-11-13(14-7-3-5-9-16(14)18)10-12-6-2-4-8-15(12)17/h2-9,13,19H,10-11H2,1H3. The number of nitrogens with one attached hydrogen (secondary N) is 1. The average molecular weight is 383 g/mol. The van der Waals surface area contributed by atoms with Gasteiger partial charge in [0.05, 0.1) is 0 Å². The third-order valence-corrected chi connectivity index (χ3v) is 4.72. The van der Waals surface area contributed by atoms with Crippen molar-refractivity contribution in [3.05, 3.63) is 68.6 Å². The molecule has 2 rings (SSSR count). The number of halogens is 2. The zero-order chi connectivity index (χ0) is 13.7. The Labute approximate surface area is 131 Å². The Bertz CT molecular complexity index is 540. The first-order valence-electron chi connectivity index (χ1n) is 6.34. The quantitative estimate of drug-likeness (QED) is 0.786. The van der Waals surface area contributed by atoms with Crippen molar-refractivity contribution >= 4 is 31.9 Å². The van der Waals surface area contributed by atoms with Gasteiger partial charge < -0.3 is 5.32 Å². The van der Waals surface area contributed by atoms with Crippen LogP contribution in [0.2, 0.25) is 0 Å². The zero-order valence-electron chi connectivity index (χ0n) is 10.9. The van der Waals surface area contributed by atoms with E-state index in [1.54, 1.807) is 0 Å². The fourth-order valence-corrected chi connectivity index (χ4v) is 3.33. The first kappa shape index (κ1) is 14.8. The molecule has 0 saturated carbocycles. The first-order valence-corrected chi connectivity index (χ1v) is 7.93. The molecular weight excluding hydrogens is 366 g/mol. The van der Waals surface area contributed by atoms with E-state index in [9.17, 15) is 0 Å². The van der Waals surface area contributed by atoms with Crippen molar-refractivity contribution < 1.29 is 0 Å². The molecule has 0 fully saturated rings. The molecule has 1 N–H and O–H groups in total. The van der Waals surface area contributed by atoms with Crippen LogP contribution in [0.5, 0.6) is 0 Å². The number of benzene rings is 2. The van der Waals surface area contributed by atoms with Gasteiger partial charge in [-0.2, -0.15) is 0 Å². The summed E-state index contributed by atoms with van der Waals surface area (Å²) < 4.78 is 2.37. The Morgan fingerprint density at radius 1 is 0.947 bits per heavy atom. The van der Waals surface area contributed by atoms with Gasteiger partial charge in [-0.15, -0.1) is 0 Å². The van der Waals surface area contributed by atoms with Crippen molar-refractivity contribution in [2.75, 3.05) is 13.6 Å². The maximum absolute atomic E-state index is 3.66. The monoisotopic (exact) mass is 381 g/mol. The van der Waals surface area contributed by atoms with Gasteiger partial charge in [-0.25, -0.2) is 0 Å². The third kappa shape index (κ3) is 3.91. The summed E-state index contributed by atoms with van der Waals surface area (Å²) in [5, 5.41) is 3.30. The third-order valence-electron chi connectivity index (χ3n) is 3.22. The largest absolute Gasteiger partial charge is 0.319 e. The van der Waals surface area contributed by atoms with Gasteiger partial charge in [0.25, 0.3) is 0 Å². The van der Waals surface area contributed by atoms with Crippen molar-refractivity contribution in [3.63, 3.8) is 0 Å². The first-order chi connectivity index (χ1) is 9.22. The molecule has 0 aliphatic rings. The Kier molecular flexibility index (Phi) is 5.61. The van der Waals surface area contributed by atoms with Gasteiger partial charge >= 0.3 is 0 Å². The molecule has 19 heavy (non-hydrogen) atoms. The summed E-state index contributed by atoms with van der Waals surface area (Å²) in [6, 6.07) is 16.9. The molecule has 0 aliphatic carbocycles. The van der Waals surface area contributed by atoms with E-state index in [1.807, 2.05) is 7.05 Å². The predicted octanol–water partition coefficient (Wildman–Crippen LogP) is 4.76. The molecule has 0 spiro atoms. The summed E-state index contributed by atoms with van der Waals surface area (Å²) in [6.45, 7) is 0.962. The van der Waals surface area contributed by atoms with E-state index in [-0.39, 0.29) is 0 Å². The van der Waals surface area contributed by atoms with Crippen molar-refractivity contribution in [2.45, 2.75) is 12.3 Å². The summed E-state index contributed by atoms with van der Waals surface area (Å²) >= 11 is 7.29. The molecule has 0 heterocycles. The second-order valence-electron chi connectivity index (χ2n) is 4.57. The highest BCUT2D eigenvalue weighted by molar-refractivity contribution is 9.10. The van der Waals surface area contributed by atoms with Gasteiger partial charge in [0, 0.05) is 21.4 Å². The minimum atomic E-state index is 0.458. The van der Waals surface area contributed by atoms with E-state index in [0.717, 1.165) is 13.0 Å². The molecule has 2 aromatic rings. The molecule has 0 radical (unpaired) electrons. The molecular formula is C16H17Br2N. The lowest BCUT2D eigenvalue weighted by molar-refractivity contribution is 0.622. The van der Waals surface area contributed by atoms with Crippen molar-refractivity contribution in [2.24, 2.45) is 0 Å². The number of likely N-dealkylation sites (N-methyl/N-ethyl adjacent to an activating group) is 1. The summed E-state index contributed by atoms with van der Waals surface area (Å²) in [4.78, 5) is 0. The molecule has 0 saturated heterocycles. The van der Waals surface area contributed by atoms with Crippen LogP contribution in [0.25, 0.3) is 0 Å². The van der Waals surface area contributed by atoms with Gasteiger partial charge in [-0.05, 0) is 36.7 Å². The molecule has 0 amide bonds. The van der Waals surface area contributed by atoms with Gasteiger partial charge in [0.1, 0.15) is 0 Å². The zero-order valence-corrected chi connectivity index (χ0v) is 14.0. The molecule has 1 nitrogen and oxygen atoms in total. The highest BCUT2D eigenvalue weighted by atomic mass is 79.9. The van der Waals surface area contributed by atoms with Gasteiger partial charge in [0.15, 0.2) is 0 Å². The molecule has 100 valence electrons. The highest BCUT2D eigenvalue weighted by Crippen LogP contribution is 2.29. The van der Waals surface area contributed by atoms with Crippen molar-refractivity contribution in [1.29, 1.82) is 0 Å². The number of hydrogen-bond donors (Lipinski definition) is 1. The minimum absolute atomic E-state index is 0.458. The topological polar surface area (TPSA) is 12.0 Å². The van der Waals surface area contributed by atoms with Crippen LogP contribution in [0.4, 0.5) is 0 Å². The summed E-state index contributed by atoms with van der Waals surface area (Å²) in [5.41, 5.74) is 2.70. The molecule has 2 aromatic carbocycles. The lowest BCUT2D eigenvalue weighted by Gasteiger charge is -2.19.